The minimum atomic E-state index is -1.21. The van der Waals surface area contributed by atoms with Crippen LogP contribution < -0.4 is 0 Å². The number of imide groups is 1. The number of hydrogen-bond donors (Lipinski definition) is 1. The molecule has 134 valence electrons. The summed E-state index contributed by atoms with van der Waals surface area (Å²) >= 11 is 0. The van der Waals surface area contributed by atoms with E-state index >= 15 is 0 Å². The van der Waals surface area contributed by atoms with Crippen molar-refractivity contribution in [2.45, 2.75) is 39.2 Å². The third-order valence-corrected chi connectivity index (χ3v) is 3.05. The molecule has 2 rings (SSSR count). The summed E-state index contributed by atoms with van der Waals surface area (Å²) in [7, 11) is 0. The van der Waals surface area contributed by atoms with E-state index in [9.17, 15) is 24.3 Å². The topological polar surface area (TPSA) is 113 Å². The van der Waals surface area contributed by atoms with Gasteiger partial charge >= 0.3 is 12.1 Å². The highest BCUT2D eigenvalue weighted by molar-refractivity contribution is 6.03. The van der Waals surface area contributed by atoms with Crippen LogP contribution in [-0.2, 0) is 19.2 Å². The lowest BCUT2D eigenvalue weighted by molar-refractivity contribution is -0.216. The molecule has 1 aromatic carbocycles. The molecule has 1 aliphatic rings. The van der Waals surface area contributed by atoms with Gasteiger partial charge in [0.15, 0.2) is 0 Å². The molecule has 1 saturated heterocycles. The number of hydrogen-bond acceptors (Lipinski definition) is 7. The van der Waals surface area contributed by atoms with Gasteiger partial charge in [0, 0.05) is 12.8 Å². The summed E-state index contributed by atoms with van der Waals surface area (Å²) in [5.41, 5.74) is -1.20. The highest BCUT2D eigenvalue weighted by Crippen LogP contribution is 2.22. The molecule has 3 amide bonds. The molecule has 1 heterocycles. The van der Waals surface area contributed by atoms with Gasteiger partial charge in [-0.1, -0.05) is 12.1 Å². The number of benzene rings is 1. The van der Waals surface area contributed by atoms with Crippen LogP contribution >= 0.6 is 0 Å². The molecule has 0 aliphatic carbocycles. The Kier molecular flexibility index (Phi) is 4.96. The first kappa shape index (κ1) is 18.2. The smallest absolute Gasteiger partial charge is 0.465 e. The number of hydroxylamine groups is 1. The molecule has 0 aromatic heterocycles. The van der Waals surface area contributed by atoms with Crippen molar-refractivity contribution in [1.29, 1.82) is 0 Å². The fraction of sp³-hybridized carbons (Fsp3) is 0.375. The average Bonchev–Trinajstić information content (AvgIpc) is 2.82. The van der Waals surface area contributed by atoms with E-state index in [0.717, 1.165) is 0 Å². The van der Waals surface area contributed by atoms with Gasteiger partial charge in [-0.15, -0.1) is 5.01 Å². The third kappa shape index (κ3) is 4.25. The predicted octanol–water partition coefficient (Wildman–Crippen LogP) is 1.77. The third-order valence-electron chi connectivity index (χ3n) is 3.05. The lowest BCUT2D eigenvalue weighted by Crippen LogP contribution is -2.51. The Morgan fingerprint density at radius 2 is 1.68 bits per heavy atom. The van der Waals surface area contributed by atoms with Crippen molar-refractivity contribution in [2.75, 3.05) is 0 Å². The van der Waals surface area contributed by atoms with Gasteiger partial charge in [-0.2, -0.15) is 0 Å². The first-order chi connectivity index (χ1) is 11.6. The summed E-state index contributed by atoms with van der Waals surface area (Å²) in [6, 6.07) is 5.48. The molecule has 1 aliphatic heterocycles. The second-order valence-corrected chi connectivity index (χ2v) is 6.25. The Morgan fingerprint density at radius 3 is 2.20 bits per heavy atom. The lowest BCUT2D eigenvalue weighted by Gasteiger charge is -2.29. The lowest BCUT2D eigenvalue weighted by atomic mass is 10.2. The van der Waals surface area contributed by atoms with Crippen molar-refractivity contribution in [3.8, 4) is 5.75 Å². The quantitative estimate of drug-likeness (QED) is 0.638. The van der Waals surface area contributed by atoms with Crippen LogP contribution in [-0.4, -0.2) is 44.8 Å². The Bertz CT molecular complexity index is 707. The monoisotopic (exact) mass is 350 g/mol. The summed E-state index contributed by atoms with van der Waals surface area (Å²) in [5.74, 6) is -2.92. The van der Waals surface area contributed by atoms with Crippen molar-refractivity contribution in [1.82, 2.24) is 10.2 Å². The van der Waals surface area contributed by atoms with E-state index in [4.69, 9.17) is 9.57 Å². The van der Waals surface area contributed by atoms with Crippen LogP contribution in [0.15, 0.2) is 24.3 Å². The van der Waals surface area contributed by atoms with Gasteiger partial charge < -0.3 is 14.7 Å². The number of phenolic OH excluding ortho intramolecular Hbond substituents is 1. The van der Waals surface area contributed by atoms with Gasteiger partial charge in [-0.3, -0.25) is 9.59 Å². The zero-order valence-corrected chi connectivity index (χ0v) is 14.0. The molecular formula is C16H18N2O7. The van der Waals surface area contributed by atoms with E-state index < -0.39 is 29.5 Å². The Hall–Kier alpha value is -3.10. The van der Waals surface area contributed by atoms with Crippen LogP contribution in [0.1, 0.15) is 44.0 Å². The zero-order valence-electron chi connectivity index (χ0n) is 14.0. The summed E-state index contributed by atoms with van der Waals surface area (Å²) in [6.45, 7) is 4.71. The molecule has 0 bridgehead atoms. The van der Waals surface area contributed by atoms with Crippen molar-refractivity contribution in [3.63, 3.8) is 0 Å². The van der Waals surface area contributed by atoms with Crippen LogP contribution in [0.5, 0.6) is 5.75 Å². The number of ether oxygens (including phenoxy) is 1. The standard InChI is InChI=1S/C16H18N2O7/c1-16(2,3)24-15(23)18(17-12(20)8-9-13(17)21)25-14(22)10-6-4-5-7-11(10)19/h4-7,19H,8-9H2,1-3H3. The molecule has 0 spiro atoms. The van der Waals surface area contributed by atoms with Gasteiger partial charge in [-0.05, 0) is 38.1 Å². The van der Waals surface area contributed by atoms with Crippen molar-refractivity contribution in [2.24, 2.45) is 0 Å². The van der Waals surface area contributed by atoms with Gasteiger partial charge in [0.2, 0.25) is 0 Å². The summed E-state index contributed by atoms with van der Waals surface area (Å²) in [4.78, 5) is 53.2. The summed E-state index contributed by atoms with van der Waals surface area (Å²) in [6.07, 6.45) is -1.45. The fourth-order valence-electron chi connectivity index (χ4n) is 2.00. The number of aromatic hydroxyl groups is 1. The Morgan fingerprint density at radius 1 is 1.12 bits per heavy atom. The molecule has 9 heteroatoms. The van der Waals surface area contributed by atoms with E-state index in [1.807, 2.05) is 0 Å². The van der Waals surface area contributed by atoms with Crippen molar-refractivity contribution < 1.29 is 33.9 Å². The second-order valence-electron chi connectivity index (χ2n) is 6.25. The molecule has 0 unspecified atom stereocenters. The largest absolute Gasteiger partial charge is 0.507 e. The zero-order chi connectivity index (χ0) is 18.8. The molecule has 1 fully saturated rings. The number of para-hydroxylation sites is 1. The number of amides is 3. The normalized spacial score (nSPS) is 14.4. The van der Waals surface area contributed by atoms with E-state index in [-0.39, 0.29) is 29.3 Å². The SMILES string of the molecule is CC(C)(C)OC(=O)N(OC(=O)c1ccccc1O)N1C(=O)CCC1=O. The van der Waals surface area contributed by atoms with Crippen LogP contribution in [0, 0.1) is 0 Å². The molecule has 0 saturated carbocycles. The highest BCUT2D eigenvalue weighted by Gasteiger charge is 2.42. The van der Waals surface area contributed by atoms with Gasteiger partial charge in [0.05, 0.1) is 0 Å². The number of carbonyl (C=O) groups excluding carboxylic acids is 4. The van der Waals surface area contributed by atoms with E-state index in [2.05, 4.69) is 0 Å². The average molecular weight is 350 g/mol. The van der Waals surface area contributed by atoms with Crippen LogP contribution in [0.2, 0.25) is 0 Å². The highest BCUT2D eigenvalue weighted by atomic mass is 16.8. The second kappa shape index (κ2) is 6.80. The molecule has 1 N–H and O–H groups in total. The number of phenols is 1. The minimum absolute atomic E-state index is 0.119. The molecule has 0 radical (unpaired) electrons. The maximum atomic E-state index is 12.3. The minimum Gasteiger partial charge on any atom is -0.507 e. The predicted molar refractivity (Wildman–Crippen MR) is 82.7 cm³/mol. The Balaban J connectivity index is 2.30. The van der Waals surface area contributed by atoms with Gasteiger partial charge in [0.25, 0.3) is 11.8 Å². The number of nitrogens with zero attached hydrogens (tertiary/aromatic N) is 2. The fourth-order valence-corrected chi connectivity index (χ4v) is 2.00. The van der Waals surface area contributed by atoms with E-state index in [1.54, 1.807) is 20.8 Å². The number of rotatable bonds is 2. The Labute approximate surface area is 143 Å². The van der Waals surface area contributed by atoms with Crippen LogP contribution in [0.25, 0.3) is 0 Å². The molecule has 9 nitrogen and oxygen atoms in total. The molecule has 1 aromatic rings. The number of carbonyl (C=O) groups is 4. The molecule has 0 atom stereocenters. The van der Waals surface area contributed by atoms with Crippen molar-refractivity contribution in [3.05, 3.63) is 29.8 Å². The van der Waals surface area contributed by atoms with Crippen LogP contribution in [0.3, 0.4) is 0 Å². The van der Waals surface area contributed by atoms with Crippen LogP contribution in [0.4, 0.5) is 4.79 Å². The summed E-state index contributed by atoms with van der Waals surface area (Å²) in [5, 5.41) is 10.3. The first-order valence-electron chi connectivity index (χ1n) is 7.49. The van der Waals surface area contributed by atoms with E-state index in [0.29, 0.717) is 5.01 Å². The molecular weight excluding hydrogens is 332 g/mol. The number of hydrazine groups is 1. The van der Waals surface area contributed by atoms with Crippen molar-refractivity contribution >= 4 is 23.9 Å². The van der Waals surface area contributed by atoms with Gasteiger partial charge in [-0.25, -0.2) is 9.59 Å². The van der Waals surface area contributed by atoms with Gasteiger partial charge in [0.1, 0.15) is 16.9 Å². The summed E-state index contributed by atoms with van der Waals surface area (Å²) < 4.78 is 5.08. The maximum absolute atomic E-state index is 12.3. The molecule has 25 heavy (non-hydrogen) atoms. The van der Waals surface area contributed by atoms with E-state index in [1.165, 1.54) is 24.3 Å². The maximum Gasteiger partial charge on any atom is 0.465 e. The first-order valence-corrected chi connectivity index (χ1v) is 7.49.